The molecule has 0 bridgehead atoms. The van der Waals surface area contributed by atoms with Crippen molar-refractivity contribution in [2.24, 2.45) is 0 Å². The highest BCUT2D eigenvalue weighted by molar-refractivity contribution is 9.10. The fraction of sp³-hybridized carbons (Fsp3) is 0.133. The van der Waals surface area contributed by atoms with E-state index in [2.05, 4.69) is 21.2 Å². The van der Waals surface area contributed by atoms with E-state index in [1.807, 2.05) is 24.3 Å². The molecule has 0 saturated carbocycles. The Bertz CT molecular complexity index is 612. The van der Waals surface area contributed by atoms with Crippen LogP contribution in [0.25, 0.3) is 0 Å². The summed E-state index contributed by atoms with van der Waals surface area (Å²) in [5, 5.41) is 11.7. The van der Waals surface area contributed by atoms with Crippen molar-refractivity contribution in [3.05, 3.63) is 58.1 Å². The molecule has 0 radical (unpaired) electrons. The Labute approximate surface area is 125 Å². The van der Waals surface area contributed by atoms with Gasteiger partial charge in [-0.2, -0.15) is 0 Å². The Morgan fingerprint density at radius 1 is 1.20 bits per heavy atom. The molecule has 0 spiro atoms. The molecule has 1 amide bonds. The number of hydrogen-bond acceptors (Lipinski definition) is 3. The van der Waals surface area contributed by atoms with E-state index in [0.29, 0.717) is 27.8 Å². The third kappa shape index (κ3) is 3.59. The maximum absolute atomic E-state index is 12.1. The number of amides is 1. The van der Waals surface area contributed by atoms with E-state index < -0.39 is 0 Å². The van der Waals surface area contributed by atoms with Crippen LogP contribution in [-0.4, -0.2) is 17.6 Å². The number of halogens is 1. The summed E-state index contributed by atoms with van der Waals surface area (Å²) in [6.07, 6.45) is 0.610. The minimum atomic E-state index is -0.194. The Kier molecular flexibility index (Phi) is 4.76. The number of aliphatic hydroxyl groups excluding tert-OH is 1. The lowest BCUT2D eigenvalue weighted by Gasteiger charge is -2.07. The highest BCUT2D eigenvalue weighted by Gasteiger charge is 2.07. The summed E-state index contributed by atoms with van der Waals surface area (Å²) in [6, 6.07) is 12.4. The summed E-state index contributed by atoms with van der Waals surface area (Å²) in [6.45, 7) is 0.116. The largest absolute Gasteiger partial charge is 0.398 e. The molecular formula is C15H15BrN2O2. The number of hydrogen-bond donors (Lipinski definition) is 3. The SMILES string of the molecule is Nc1ccc(C(=O)Nc2ccc(CCO)cc2)cc1Br. The molecule has 2 aromatic rings. The fourth-order valence-corrected chi connectivity index (χ4v) is 2.13. The molecule has 4 nitrogen and oxygen atoms in total. The van der Waals surface area contributed by atoms with E-state index >= 15 is 0 Å². The number of nitrogens with one attached hydrogen (secondary N) is 1. The van der Waals surface area contributed by atoms with Crippen molar-refractivity contribution in [2.75, 3.05) is 17.7 Å². The maximum atomic E-state index is 12.1. The van der Waals surface area contributed by atoms with Crippen molar-refractivity contribution < 1.29 is 9.90 Å². The highest BCUT2D eigenvalue weighted by atomic mass is 79.9. The van der Waals surface area contributed by atoms with Gasteiger partial charge in [-0.05, 0) is 58.2 Å². The zero-order valence-corrected chi connectivity index (χ0v) is 12.4. The number of rotatable bonds is 4. The molecule has 0 aromatic heterocycles. The van der Waals surface area contributed by atoms with Gasteiger partial charge < -0.3 is 16.2 Å². The summed E-state index contributed by atoms with van der Waals surface area (Å²) in [5.74, 6) is -0.194. The predicted molar refractivity (Wildman–Crippen MR) is 83.7 cm³/mol. The average molecular weight is 335 g/mol. The van der Waals surface area contributed by atoms with E-state index in [1.54, 1.807) is 18.2 Å². The second-order valence-electron chi connectivity index (χ2n) is 4.36. The standard InChI is InChI=1S/C15H15BrN2O2/c16-13-9-11(3-6-14(13)17)15(20)18-12-4-1-10(2-5-12)7-8-19/h1-6,9,19H,7-8,17H2,(H,18,20). The zero-order valence-electron chi connectivity index (χ0n) is 10.8. The third-order valence-electron chi connectivity index (χ3n) is 2.87. The quantitative estimate of drug-likeness (QED) is 0.752. The Balaban J connectivity index is 2.08. The maximum Gasteiger partial charge on any atom is 0.255 e. The van der Waals surface area contributed by atoms with Gasteiger partial charge in [0.1, 0.15) is 0 Å². The number of benzene rings is 2. The van der Waals surface area contributed by atoms with Gasteiger partial charge in [0.15, 0.2) is 0 Å². The first-order valence-electron chi connectivity index (χ1n) is 6.16. The molecule has 0 aliphatic rings. The van der Waals surface area contributed by atoms with Gasteiger partial charge >= 0.3 is 0 Å². The first kappa shape index (κ1) is 14.6. The van der Waals surface area contributed by atoms with E-state index in [-0.39, 0.29) is 12.5 Å². The number of carbonyl (C=O) groups excluding carboxylic acids is 1. The smallest absolute Gasteiger partial charge is 0.255 e. The van der Waals surface area contributed by atoms with Gasteiger partial charge in [0.2, 0.25) is 0 Å². The zero-order chi connectivity index (χ0) is 14.5. The van der Waals surface area contributed by atoms with Gasteiger partial charge in [0, 0.05) is 28.0 Å². The van der Waals surface area contributed by atoms with E-state index in [9.17, 15) is 4.79 Å². The highest BCUT2D eigenvalue weighted by Crippen LogP contribution is 2.21. The summed E-state index contributed by atoms with van der Waals surface area (Å²) < 4.78 is 0.698. The van der Waals surface area contributed by atoms with Crippen LogP contribution < -0.4 is 11.1 Å². The van der Waals surface area contributed by atoms with Crippen molar-refractivity contribution >= 4 is 33.2 Å². The lowest BCUT2D eigenvalue weighted by molar-refractivity contribution is 0.102. The molecule has 0 aliphatic heterocycles. The van der Waals surface area contributed by atoms with E-state index in [0.717, 1.165) is 5.56 Å². The van der Waals surface area contributed by atoms with E-state index in [4.69, 9.17) is 10.8 Å². The molecule has 0 aliphatic carbocycles. The van der Waals surface area contributed by atoms with Gasteiger partial charge in [-0.15, -0.1) is 0 Å². The van der Waals surface area contributed by atoms with Crippen molar-refractivity contribution in [1.82, 2.24) is 0 Å². The molecule has 2 aromatic carbocycles. The summed E-state index contributed by atoms with van der Waals surface area (Å²) >= 11 is 3.30. The van der Waals surface area contributed by atoms with Crippen LogP contribution in [0.5, 0.6) is 0 Å². The molecule has 5 heteroatoms. The van der Waals surface area contributed by atoms with Gasteiger partial charge in [-0.1, -0.05) is 12.1 Å². The molecule has 0 atom stereocenters. The minimum Gasteiger partial charge on any atom is -0.398 e. The number of aliphatic hydroxyl groups is 1. The van der Waals surface area contributed by atoms with Crippen LogP contribution in [0.4, 0.5) is 11.4 Å². The normalized spacial score (nSPS) is 10.3. The van der Waals surface area contributed by atoms with Crippen LogP contribution >= 0.6 is 15.9 Å². The Morgan fingerprint density at radius 3 is 2.50 bits per heavy atom. The van der Waals surface area contributed by atoms with Crippen LogP contribution in [0.15, 0.2) is 46.9 Å². The first-order chi connectivity index (χ1) is 9.60. The second-order valence-corrected chi connectivity index (χ2v) is 5.22. The minimum absolute atomic E-state index is 0.116. The summed E-state index contributed by atoms with van der Waals surface area (Å²) in [5.41, 5.74) is 8.55. The van der Waals surface area contributed by atoms with Crippen LogP contribution in [0.1, 0.15) is 15.9 Å². The molecule has 104 valence electrons. The molecule has 0 saturated heterocycles. The first-order valence-corrected chi connectivity index (χ1v) is 6.95. The van der Waals surface area contributed by atoms with Crippen molar-refractivity contribution in [3.63, 3.8) is 0 Å². The summed E-state index contributed by atoms with van der Waals surface area (Å²) in [7, 11) is 0. The molecule has 0 unspecified atom stereocenters. The van der Waals surface area contributed by atoms with Crippen LogP contribution in [0.2, 0.25) is 0 Å². The van der Waals surface area contributed by atoms with Crippen molar-refractivity contribution in [1.29, 1.82) is 0 Å². The van der Waals surface area contributed by atoms with Gasteiger partial charge in [-0.25, -0.2) is 0 Å². The van der Waals surface area contributed by atoms with Gasteiger partial charge in [-0.3, -0.25) is 4.79 Å². The number of nitrogens with two attached hydrogens (primary N) is 1. The molecule has 0 fully saturated rings. The number of anilines is 2. The second kappa shape index (κ2) is 6.54. The monoisotopic (exact) mass is 334 g/mol. The fourth-order valence-electron chi connectivity index (χ4n) is 1.76. The average Bonchev–Trinajstić information content (AvgIpc) is 2.44. The third-order valence-corrected chi connectivity index (χ3v) is 3.56. The molecular weight excluding hydrogens is 320 g/mol. The lowest BCUT2D eigenvalue weighted by atomic mass is 10.1. The number of carbonyl (C=O) groups is 1. The molecule has 20 heavy (non-hydrogen) atoms. The van der Waals surface area contributed by atoms with Gasteiger partial charge in [0.05, 0.1) is 0 Å². The Hall–Kier alpha value is -1.85. The van der Waals surface area contributed by atoms with E-state index in [1.165, 1.54) is 0 Å². The van der Waals surface area contributed by atoms with Crippen LogP contribution in [0.3, 0.4) is 0 Å². The van der Waals surface area contributed by atoms with Crippen molar-refractivity contribution in [3.8, 4) is 0 Å². The Morgan fingerprint density at radius 2 is 1.90 bits per heavy atom. The lowest BCUT2D eigenvalue weighted by Crippen LogP contribution is -2.12. The van der Waals surface area contributed by atoms with Crippen LogP contribution in [-0.2, 0) is 6.42 Å². The predicted octanol–water partition coefficient (Wildman–Crippen LogP) is 2.82. The van der Waals surface area contributed by atoms with Gasteiger partial charge in [0.25, 0.3) is 5.91 Å². The van der Waals surface area contributed by atoms with Crippen molar-refractivity contribution in [2.45, 2.75) is 6.42 Å². The summed E-state index contributed by atoms with van der Waals surface area (Å²) in [4.78, 5) is 12.1. The molecule has 4 N–H and O–H groups in total. The molecule has 2 rings (SSSR count). The molecule has 0 heterocycles. The topological polar surface area (TPSA) is 75.4 Å². The number of nitrogen functional groups attached to an aromatic ring is 1. The van der Waals surface area contributed by atoms with Crippen LogP contribution in [0, 0.1) is 0 Å².